The third-order valence-corrected chi connectivity index (χ3v) is 6.28. The predicted molar refractivity (Wildman–Crippen MR) is 142 cm³/mol. The Morgan fingerprint density at radius 1 is 1.12 bits per heavy atom. The first-order valence-corrected chi connectivity index (χ1v) is 12.8. The number of pyridine rings is 1. The van der Waals surface area contributed by atoms with Crippen LogP contribution < -0.4 is 20.5 Å². The molecule has 0 saturated heterocycles. The number of alkyl halides is 3. The molecule has 16 heteroatoms. The third kappa shape index (κ3) is 7.57. The molecule has 0 saturated carbocycles. The zero-order valence-corrected chi connectivity index (χ0v) is 23.5. The molecule has 2 amide bonds. The lowest BCUT2D eigenvalue weighted by Gasteiger charge is -2.18. The van der Waals surface area contributed by atoms with Crippen molar-refractivity contribution in [3.05, 3.63) is 93.6 Å². The first kappa shape index (κ1) is 31.2. The fraction of sp³-hybridized carbons (Fsp3) is 0.185. The molecular formula is C27H20BrF5N4O6. The van der Waals surface area contributed by atoms with Crippen LogP contribution in [0.2, 0.25) is 0 Å². The van der Waals surface area contributed by atoms with Gasteiger partial charge in [-0.1, -0.05) is 12.1 Å². The van der Waals surface area contributed by atoms with Gasteiger partial charge < -0.3 is 29.7 Å². The van der Waals surface area contributed by atoms with E-state index in [2.05, 4.69) is 31.2 Å². The molecule has 10 nitrogen and oxygen atoms in total. The Labute approximate surface area is 248 Å². The average molecular weight is 671 g/mol. The van der Waals surface area contributed by atoms with Gasteiger partial charge >= 0.3 is 12.3 Å². The van der Waals surface area contributed by atoms with Crippen LogP contribution in [-0.2, 0) is 17.5 Å². The number of aromatic nitrogens is 2. The zero-order chi connectivity index (χ0) is 31.3. The summed E-state index contributed by atoms with van der Waals surface area (Å²) < 4.78 is 89.3. The van der Waals surface area contributed by atoms with Gasteiger partial charge in [0.05, 0.1) is 12.7 Å². The molecule has 0 bridgehead atoms. The van der Waals surface area contributed by atoms with Gasteiger partial charge in [0.25, 0.3) is 5.91 Å². The van der Waals surface area contributed by atoms with E-state index in [1.165, 1.54) is 13.3 Å². The fourth-order valence-corrected chi connectivity index (χ4v) is 4.14. The Kier molecular flexibility index (Phi) is 9.48. The molecule has 2 aromatic carbocycles. The number of amides is 2. The number of methoxy groups -OCH3 is 1. The first-order chi connectivity index (χ1) is 20.4. The maximum atomic E-state index is 15.0. The third-order valence-electron chi connectivity index (χ3n) is 5.75. The first-order valence-electron chi connectivity index (χ1n) is 12.0. The van der Waals surface area contributed by atoms with Crippen LogP contribution in [0.5, 0.6) is 11.6 Å². The van der Waals surface area contributed by atoms with E-state index in [4.69, 9.17) is 24.4 Å². The SMILES string of the molecule is COc1cc(CNC(=O)OCC(Oc2ccc(F)c(C(N)=O)c2F)c2nc(-c3ccc(C(F)(F)F)cc3)c(Br)o2)ccn1. The van der Waals surface area contributed by atoms with Crippen LogP contribution in [0, 0.1) is 11.6 Å². The number of carbonyl (C=O) groups is 2. The van der Waals surface area contributed by atoms with Crippen LogP contribution in [0.25, 0.3) is 11.3 Å². The highest BCUT2D eigenvalue weighted by atomic mass is 79.9. The Hall–Kier alpha value is -4.73. The van der Waals surface area contributed by atoms with Gasteiger partial charge in [-0.25, -0.2) is 23.5 Å². The van der Waals surface area contributed by atoms with E-state index in [1.54, 1.807) is 12.1 Å². The van der Waals surface area contributed by atoms with Crippen molar-refractivity contribution in [2.75, 3.05) is 13.7 Å². The van der Waals surface area contributed by atoms with Crippen molar-refractivity contribution in [1.82, 2.24) is 15.3 Å². The zero-order valence-electron chi connectivity index (χ0n) is 21.9. The van der Waals surface area contributed by atoms with Crippen LogP contribution in [0.15, 0.2) is 63.8 Å². The molecule has 3 N–H and O–H groups in total. The summed E-state index contributed by atoms with van der Waals surface area (Å²) in [5.41, 5.74) is 4.01. The number of halogens is 6. The number of nitrogens with two attached hydrogens (primary N) is 1. The van der Waals surface area contributed by atoms with Gasteiger partial charge in [-0.2, -0.15) is 13.2 Å². The number of hydrogen-bond acceptors (Lipinski definition) is 8. The number of alkyl carbamates (subject to hydrolysis) is 1. The van der Waals surface area contributed by atoms with Gasteiger partial charge in [0.1, 0.15) is 23.7 Å². The normalized spacial score (nSPS) is 12.0. The molecule has 4 aromatic rings. The van der Waals surface area contributed by atoms with Crippen LogP contribution in [0.1, 0.15) is 33.5 Å². The average Bonchev–Trinajstić information content (AvgIpc) is 3.36. The number of nitrogens with zero attached hydrogens (tertiary/aromatic N) is 2. The fourth-order valence-electron chi connectivity index (χ4n) is 3.66. The van der Waals surface area contributed by atoms with E-state index in [0.717, 1.165) is 36.4 Å². The predicted octanol–water partition coefficient (Wildman–Crippen LogP) is 5.95. The number of carbonyl (C=O) groups excluding carboxylic acids is 2. The largest absolute Gasteiger partial charge is 0.481 e. The Bertz CT molecular complexity index is 1630. The smallest absolute Gasteiger partial charge is 0.416 e. The Morgan fingerprint density at radius 3 is 2.49 bits per heavy atom. The summed E-state index contributed by atoms with van der Waals surface area (Å²) in [7, 11) is 1.42. The minimum absolute atomic E-state index is 0.0143. The lowest BCUT2D eigenvalue weighted by Crippen LogP contribution is -2.27. The molecule has 0 fully saturated rings. The molecule has 2 aromatic heterocycles. The van der Waals surface area contributed by atoms with E-state index in [1.807, 2.05) is 0 Å². The van der Waals surface area contributed by atoms with Crippen LogP contribution in [0.4, 0.5) is 26.7 Å². The van der Waals surface area contributed by atoms with Crippen molar-refractivity contribution in [2.45, 2.75) is 18.8 Å². The number of oxazole rings is 1. The van der Waals surface area contributed by atoms with Crippen molar-refractivity contribution in [3.8, 4) is 22.9 Å². The second-order valence-electron chi connectivity index (χ2n) is 8.61. The van der Waals surface area contributed by atoms with E-state index in [9.17, 15) is 31.5 Å². The van der Waals surface area contributed by atoms with E-state index in [-0.39, 0.29) is 28.4 Å². The minimum Gasteiger partial charge on any atom is -0.481 e. The molecule has 4 rings (SSSR count). The summed E-state index contributed by atoms with van der Waals surface area (Å²) in [5, 5.41) is 2.49. The molecule has 226 valence electrons. The second kappa shape index (κ2) is 13.1. The molecule has 1 atom stereocenters. The summed E-state index contributed by atoms with van der Waals surface area (Å²) in [5.74, 6) is -4.71. The summed E-state index contributed by atoms with van der Waals surface area (Å²) in [4.78, 5) is 32.2. The van der Waals surface area contributed by atoms with Crippen LogP contribution >= 0.6 is 15.9 Å². The van der Waals surface area contributed by atoms with Crippen molar-refractivity contribution in [3.63, 3.8) is 0 Å². The van der Waals surface area contributed by atoms with Gasteiger partial charge in [0, 0.05) is 24.4 Å². The topological polar surface area (TPSA) is 139 Å². The highest BCUT2D eigenvalue weighted by molar-refractivity contribution is 9.10. The van der Waals surface area contributed by atoms with E-state index in [0.29, 0.717) is 11.4 Å². The van der Waals surface area contributed by atoms with Crippen molar-refractivity contribution in [1.29, 1.82) is 0 Å². The molecule has 0 aliphatic rings. The maximum Gasteiger partial charge on any atom is 0.416 e. The Balaban J connectivity index is 1.59. The monoisotopic (exact) mass is 670 g/mol. The second-order valence-corrected chi connectivity index (χ2v) is 9.33. The highest BCUT2D eigenvalue weighted by Gasteiger charge is 2.31. The Morgan fingerprint density at radius 2 is 1.84 bits per heavy atom. The molecule has 0 radical (unpaired) electrons. The van der Waals surface area contributed by atoms with Gasteiger partial charge in [-0.05, 0) is 51.8 Å². The molecule has 0 aliphatic heterocycles. The van der Waals surface area contributed by atoms with Gasteiger partial charge in [-0.15, -0.1) is 0 Å². The van der Waals surface area contributed by atoms with Gasteiger partial charge in [0.2, 0.25) is 17.9 Å². The van der Waals surface area contributed by atoms with Gasteiger partial charge in [0.15, 0.2) is 16.2 Å². The van der Waals surface area contributed by atoms with Crippen LogP contribution in [-0.4, -0.2) is 35.7 Å². The maximum absolute atomic E-state index is 15.0. The number of rotatable bonds is 10. The number of ether oxygens (including phenoxy) is 3. The van der Waals surface area contributed by atoms with E-state index < -0.39 is 59.4 Å². The standard InChI is InChI=1S/C27H20BrF5N4O6/c1-40-19-10-13(8-9-35-19)11-36-26(39)41-12-18(42-17-7-6-16(29)20(21(17)30)24(34)38)25-37-22(23(28)43-25)14-2-4-15(5-3-14)27(31,32)33/h2-10,18H,11-12H2,1H3,(H2,34,38)(H,36,39). The van der Waals surface area contributed by atoms with E-state index >= 15 is 0 Å². The molecule has 0 spiro atoms. The number of benzene rings is 2. The lowest BCUT2D eigenvalue weighted by molar-refractivity contribution is -0.137. The minimum atomic E-state index is -4.56. The summed E-state index contributed by atoms with van der Waals surface area (Å²) in [6, 6.07) is 8.80. The molecule has 0 aliphatic carbocycles. The molecule has 1 unspecified atom stereocenters. The van der Waals surface area contributed by atoms with Crippen LogP contribution in [0.3, 0.4) is 0 Å². The molecule has 2 heterocycles. The summed E-state index contributed by atoms with van der Waals surface area (Å²) in [6.07, 6.45) is -5.52. The summed E-state index contributed by atoms with van der Waals surface area (Å²) >= 11 is 3.14. The highest BCUT2D eigenvalue weighted by Crippen LogP contribution is 2.36. The quantitative estimate of drug-likeness (QED) is 0.197. The van der Waals surface area contributed by atoms with Crippen molar-refractivity contribution in [2.24, 2.45) is 5.73 Å². The number of nitrogens with one attached hydrogen (secondary N) is 1. The lowest BCUT2D eigenvalue weighted by atomic mass is 10.1. The van der Waals surface area contributed by atoms with Crippen molar-refractivity contribution >= 4 is 27.9 Å². The summed E-state index contributed by atoms with van der Waals surface area (Å²) in [6.45, 7) is -0.631. The molecule has 43 heavy (non-hydrogen) atoms. The number of primary amides is 1. The molecular weight excluding hydrogens is 651 g/mol. The van der Waals surface area contributed by atoms with Gasteiger partial charge in [-0.3, -0.25) is 4.79 Å². The van der Waals surface area contributed by atoms with Crippen molar-refractivity contribution < 1.29 is 50.2 Å². The number of hydrogen-bond donors (Lipinski definition) is 2.